The molecule has 0 saturated carbocycles. The van der Waals surface area contributed by atoms with Crippen molar-refractivity contribution in [3.05, 3.63) is 53.6 Å². The Balaban J connectivity index is 1.58. The third-order valence-corrected chi connectivity index (χ3v) is 4.93. The fourth-order valence-electron chi connectivity index (χ4n) is 2.53. The van der Waals surface area contributed by atoms with Crippen molar-refractivity contribution in [2.24, 2.45) is 0 Å². The summed E-state index contributed by atoms with van der Waals surface area (Å²) in [5, 5.41) is 11.3. The summed E-state index contributed by atoms with van der Waals surface area (Å²) in [5.41, 5.74) is 2.89. The van der Waals surface area contributed by atoms with E-state index in [-0.39, 0.29) is 11.7 Å². The fourth-order valence-corrected chi connectivity index (χ4v) is 3.13. The van der Waals surface area contributed by atoms with Crippen molar-refractivity contribution < 1.29 is 18.7 Å². The van der Waals surface area contributed by atoms with Gasteiger partial charge in [-0.1, -0.05) is 36.0 Å². The van der Waals surface area contributed by atoms with Crippen LogP contribution in [0.15, 0.2) is 52.1 Å². The monoisotopic (exact) mass is 399 g/mol. The minimum absolute atomic E-state index is 0.102. The number of ether oxygens (including phenoxy) is 2. The third-order valence-electron chi connectivity index (χ3n) is 4.11. The molecule has 0 radical (unpaired) electrons. The average molecular weight is 399 g/mol. The van der Waals surface area contributed by atoms with Crippen molar-refractivity contribution in [3.8, 4) is 23.0 Å². The summed E-state index contributed by atoms with van der Waals surface area (Å²) < 4.78 is 16.2. The molecule has 0 aliphatic rings. The molecule has 7 nitrogen and oxygen atoms in total. The second-order valence-electron chi connectivity index (χ2n) is 5.93. The van der Waals surface area contributed by atoms with Crippen LogP contribution in [-0.4, -0.2) is 36.1 Å². The lowest BCUT2D eigenvalue weighted by Gasteiger charge is -2.07. The van der Waals surface area contributed by atoms with Gasteiger partial charge < -0.3 is 19.2 Å². The van der Waals surface area contributed by atoms with Gasteiger partial charge in [-0.3, -0.25) is 4.79 Å². The summed E-state index contributed by atoms with van der Waals surface area (Å²) in [4.78, 5) is 12.1. The Bertz CT molecular complexity index is 958. The number of thioether (sulfide) groups is 1. The van der Waals surface area contributed by atoms with Gasteiger partial charge in [0.1, 0.15) is 11.5 Å². The number of benzene rings is 2. The Labute approximate surface area is 167 Å². The van der Waals surface area contributed by atoms with Gasteiger partial charge in [0, 0.05) is 12.6 Å². The number of methoxy groups -OCH3 is 2. The van der Waals surface area contributed by atoms with Crippen LogP contribution in [0.4, 0.5) is 0 Å². The highest BCUT2D eigenvalue weighted by Crippen LogP contribution is 2.33. The number of hydrogen-bond acceptors (Lipinski definition) is 7. The summed E-state index contributed by atoms with van der Waals surface area (Å²) in [5.74, 6) is 1.64. The van der Waals surface area contributed by atoms with Gasteiger partial charge in [0.25, 0.3) is 11.1 Å². The molecule has 0 atom stereocenters. The second-order valence-corrected chi connectivity index (χ2v) is 6.86. The molecular formula is C20H21N3O4S. The predicted octanol–water partition coefficient (Wildman–Crippen LogP) is 3.47. The summed E-state index contributed by atoms with van der Waals surface area (Å²) in [7, 11) is 3.14. The number of rotatable bonds is 8. The first kappa shape index (κ1) is 19.8. The van der Waals surface area contributed by atoms with E-state index in [0.29, 0.717) is 34.7 Å². The van der Waals surface area contributed by atoms with E-state index in [1.165, 1.54) is 11.8 Å². The Hall–Kier alpha value is -3.00. The molecule has 1 aromatic heterocycles. The van der Waals surface area contributed by atoms with E-state index in [2.05, 4.69) is 15.5 Å². The average Bonchev–Trinajstić information content (AvgIpc) is 3.20. The SMILES string of the molecule is COc1ccc(-c2nnc(SCC(=O)NCc3ccccc3C)o2)c(OC)c1. The number of hydrogen-bond donors (Lipinski definition) is 1. The van der Waals surface area contributed by atoms with E-state index < -0.39 is 0 Å². The quantitative estimate of drug-likeness (QED) is 0.580. The first-order valence-electron chi connectivity index (χ1n) is 8.60. The molecule has 3 rings (SSSR count). The van der Waals surface area contributed by atoms with E-state index in [9.17, 15) is 4.79 Å². The standard InChI is InChI=1S/C20H21N3O4S/c1-13-6-4-5-7-14(13)11-21-18(24)12-28-20-23-22-19(27-20)16-9-8-15(25-2)10-17(16)26-3/h4-10H,11-12H2,1-3H3,(H,21,24). The number of nitrogens with one attached hydrogen (secondary N) is 1. The Kier molecular flexibility index (Phi) is 6.54. The maximum absolute atomic E-state index is 12.1. The largest absolute Gasteiger partial charge is 0.497 e. The molecule has 1 N–H and O–H groups in total. The molecule has 2 aromatic carbocycles. The molecule has 3 aromatic rings. The lowest BCUT2D eigenvalue weighted by atomic mass is 10.1. The van der Waals surface area contributed by atoms with E-state index in [1.54, 1.807) is 32.4 Å². The van der Waals surface area contributed by atoms with Crippen molar-refractivity contribution in [1.29, 1.82) is 0 Å². The van der Waals surface area contributed by atoms with Crippen molar-refractivity contribution in [2.45, 2.75) is 18.7 Å². The topological polar surface area (TPSA) is 86.5 Å². The van der Waals surface area contributed by atoms with Crippen LogP contribution in [-0.2, 0) is 11.3 Å². The Morgan fingerprint density at radius 3 is 2.71 bits per heavy atom. The molecule has 8 heteroatoms. The highest BCUT2D eigenvalue weighted by molar-refractivity contribution is 7.99. The van der Waals surface area contributed by atoms with Gasteiger partial charge in [-0.2, -0.15) is 0 Å². The highest BCUT2D eigenvalue weighted by atomic mass is 32.2. The van der Waals surface area contributed by atoms with E-state index >= 15 is 0 Å². The van der Waals surface area contributed by atoms with Gasteiger partial charge >= 0.3 is 0 Å². The zero-order valence-electron chi connectivity index (χ0n) is 15.9. The first-order valence-corrected chi connectivity index (χ1v) is 9.59. The van der Waals surface area contributed by atoms with Crippen LogP contribution in [0, 0.1) is 6.92 Å². The molecule has 0 aliphatic heterocycles. The zero-order chi connectivity index (χ0) is 19.9. The smallest absolute Gasteiger partial charge is 0.277 e. The zero-order valence-corrected chi connectivity index (χ0v) is 16.7. The molecule has 146 valence electrons. The lowest BCUT2D eigenvalue weighted by Crippen LogP contribution is -2.24. The molecule has 0 saturated heterocycles. The molecule has 0 bridgehead atoms. The van der Waals surface area contributed by atoms with Gasteiger partial charge in [-0.15, -0.1) is 10.2 Å². The van der Waals surface area contributed by atoms with Crippen molar-refractivity contribution in [1.82, 2.24) is 15.5 Å². The number of carbonyl (C=O) groups excluding carboxylic acids is 1. The Morgan fingerprint density at radius 2 is 1.96 bits per heavy atom. The number of aryl methyl sites for hydroxylation is 1. The number of carbonyl (C=O) groups is 1. The summed E-state index contributed by atoms with van der Waals surface area (Å²) in [6, 6.07) is 13.3. The van der Waals surface area contributed by atoms with Gasteiger partial charge in [-0.25, -0.2) is 0 Å². The van der Waals surface area contributed by atoms with Gasteiger partial charge in [0.05, 0.1) is 25.5 Å². The van der Waals surface area contributed by atoms with E-state index in [4.69, 9.17) is 13.9 Å². The fraction of sp³-hybridized carbons (Fsp3) is 0.250. The maximum Gasteiger partial charge on any atom is 0.277 e. The number of aromatic nitrogens is 2. The lowest BCUT2D eigenvalue weighted by molar-refractivity contribution is -0.118. The molecule has 1 amide bonds. The maximum atomic E-state index is 12.1. The van der Waals surface area contributed by atoms with E-state index in [1.807, 2.05) is 31.2 Å². The van der Waals surface area contributed by atoms with Gasteiger partial charge in [-0.05, 0) is 30.2 Å². The van der Waals surface area contributed by atoms with Gasteiger partial charge in [0.2, 0.25) is 5.91 Å². The molecule has 0 spiro atoms. The molecule has 0 fully saturated rings. The first-order chi connectivity index (χ1) is 13.6. The van der Waals surface area contributed by atoms with Crippen LogP contribution in [0.1, 0.15) is 11.1 Å². The third kappa shape index (κ3) is 4.83. The number of amides is 1. The van der Waals surface area contributed by atoms with Crippen molar-refractivity contribution >= 4 is 17.7 Å². The minimum Gasteiger partial charge on any atom is -0.497 e. The van der Waals surface area contributed by atoms with Crippen molar-refractivity contribution in [3.63, 3.8) is 0 Å². The molecule has 0 aliphatic carbocycles. The van der Waals surface area contributed by atoms with Crippen LogP contribution in [0.25, 0.3) is 11.5 Å². The summed E-state index contributed by atoms with van der Waals surface area (Å²) in [6.07, 6.45) is 0. The normalized spacial score (nSPS) is 10.5. The van der Waals surface area contributed by atoms with Crippen LogP contribution < -0.4 is 14.8 Å². The van der Waals surface area contributed by atoms with E-state index in [0.717, 1.165) is 11.1 Å². The van der Waals surface area contributed by atoms with Gasteiger partial charge in [0.15, 0.2) is 0 Å². The number of nitrogens with zero attached hydrogens (tertiary/aromatic N) is 2. The van der Waals surface area contributed by atoms with Crippen LogP contribution >= 0.6 is 11.8 Å². The van der Waals surface area contributed by atoms with Crippen LogP contribution in [0.2, 0.25) is 0 Å². The van der Waals surface area contributed by atoms with Crippen LogP contribution in [0.3, 0.4) is 0 Å². The molecular weight excluding hydrogens is 378 g/mol. The summed E-state index contributed by atoms with van der Waals surface area (Å²) >= 11 is 1.19. The molecule has 28 heavy (non-hydrogen) atoms. The predicted molar refractivity (Wildman–Crippen MR) is 107 cm³/mol. The summed E-state index contributed by atoms with van der Waals surface area (Å²) in [6.45, 7) is 2.51. The Morgan fingerprint density at radius 1 is 1.14 bits per heavy atom. The molecule has 0 unspecified atom stereocenters. The minimum atomic E-state index is -0.102. The highest BCUT2D eigenvalue weighted by Gasteiger charge is 2.15. The van der Waals surface area contributed by atoms with Crippen molar-refractivity contribution in [2.75, 3.05) is 20.0 Å². The van der Waals surface area contributed by atoms with Crippen LogP contribution in [0.5, 0.6) is 11.5 Å². The second kappa shape index (κ2) is 9.27. The molecule has 1 heterocycles.